The molecule has 0 aliphatic heterocycles. The summed E-state index contributed by atoms with van der Waals surface area (Å²) in [6.07, 6.45) is 5.26. The van der Waals surface area contributed by atoms with E-state index in [0.29, 0.717) is 6.54 Å². The molecule has 0 radical (unpaired) electrons. The number of rotatable bonds is 4. The molecule has 2 N–H and O–H groups in total. The first-order valence-electron chi connectivity index (χ1n) is 6.46. The van der Waals surface area contributed by atoms with Gasteiger partial charge >= 0.3 is 0 Å². The van der Waals surface area contributed by atoms with Crippen molar-refractivity contribution >= 4 is 10.9 Å². The number of nitrogens with zero attached hydrogens (tertiary/aromatic N) is 3. The van der Waals surface area contributed by atoms with E-state index in [1.807, 2.05) is 43.6 Å². The minimum absolute atomic E-state index is 0.204. The molecule has 102 valence electrons. The largest absolute Gasteiger partial charge is 0.484 e. The zero-order valence-electron chi connectivity index (χ0n) is 11.2. The van der Waals surface area contributed by atoms with Crippen LogP contribution >= 0.6 is 0 Å². The van der Waals surface area contributed by atoms with Gasteiger partial charge in [0.2, 0.25) is 0 Å². The molecule has 0 saturated heterocycles. The molecule has 0 aliphatic carbocycles. The zero-order chi connectivity index (χ0) is 13.9. The van der Waals surface area contributed by atoms with Crippen molar-refractivity contribution in [3.8, 4) is 5.75 Å². The van der Waals surface area contributed by atoms with E-state index in [-0.39, 0.29) is 6.10 Å². The van der Waals surface area contributed by atoms with Gasteiger partial charge in [0, 0.05) is 43.0 Å². The molecule has 0 saturated carbocycles. The van der Waals surface area contributed by atoms with Crippen molar-refractivity contribution in [3.63, 3.8) is 0 Å². The highest BCUT2D eigenvalue weighted by Gasteiger charge is 2.13. The fraction of sp³-hybridized carbons (Fsp3) is 0.200. The van der Waals surface area contributed by atoms with E-state index in [0.717, 1.165) is 22.2 Å². The molecule has 5 nitrogen and oxygen atoms in total. The van der Waals surface area contributed by atoms with Crippen LogP contribution in [-0.4, -0.2) is 21.3 Å². The maximum atomic E-state index is 5.95. The van der Waals surface area contributed by atoms with Crippen molar-refractivity contribution in [1.82, 2.24) is 14.8 Å². The Morgan fingerprint density at radius 2 is 2.25 bits per heavy atom. The number of fused-ring (bicyclic) bond motifs is 1. The smallest absolute Gasteiger partial charge is 0.139 e. The summed E-state index contributed by atoms with van der Waals surface area (Å²) in [5, 5.41) is 5.23. The van der Waals surface area contributed by atoms with Crippen molar-refractivity contribution in [1.29, 1.82) is 0 Å². The number of hydrogen-bond donors (Lipinski definition) is 1. The number of hydrogen-bond acceptors (Lipinski definition) is 4. The molecular weight excluding hydrogens is 252 g/mol. The van der Waals surface area contributed by atoms with Gasteiger partial charge in [-0.3, -0.25) is 9.67 Å². The predicted molar refractivity (Wildman–Crippen MR) is 77.4 cm³/mol. The van der Waals surface area contributed by atoms with Crippen molar-refractivity contribution in [2.24, 2.45) is 12.8 Å². The number of nitrogens with two attached hydrogens (primary N) is 1. The highest BCUT2D eigenvalue weighted by atomic mass is 16.5. The second-order valence-electron chi connectivity index (χ2n) is 4.65. The first kappa shape index (κ1) is 12.6. The van der Waals surface area contributed by atoms with Gasteiger partial charge in [-0.25, -0.2) is 0 Å². The molecule has 1 atom stereocenters. The van der Waals surface area contributed by atoms with Crippen LogP contribution in [0.5, 0.6) is 5.75 Å². The Bertz CT molecular complexity index is 722. The molecule has 1 unspecified atom stereocenters. The summed E-state index contributed by atoms with van der Waals surface area (Å²) in [6, 6.07) is 9.79. The molecule has 1 aromatic carbocycles. The van der Waals surface area contributed by atoms with E-state index in [1.54, 1.807) is 17.1 Å². The summed E-state index contributed by atoms with van der Waals surface area (Å²) in [5.74, 6) is 0.760. The number of aromatic nitrogens is 3. The van der Waals surface area contributed by atoms with Crippen LogP contribution in [0.3, 0.4) is 0 Å². The second kappa shape index (κ2) is 5.30. The second-order valence-corrected chi connectivity index (χ2v) is 4.65. The quantitative estimate of drug-likeness (QED) is 0.786. The monoisotopic (exact) mass is 268 g/mol. The molecule has 0 spiro atoms. The average Bonchev–Trinajstić information content (AvgIpc) is 2.91. The number of ether oxygens (including phenoxy) is 1. The van der Waals surface area contributed by atoms with Gasteiger partial charge in [-0.1, -0.05) is 6.07 Å². The van der Waals surface area contributed by atoms with E-state index < -0.39 is 0 Å². The Balaban J connectivity index is 1.87. The third-order valence-electron chi connectivity index (χ3n) is 3.17. The van der Waals surface area contributed by atoms with Crippen LogP contribution < -0.4 is 10.5 Å². The van der Waals surface area contributed by atoms with Crippen LogP contribution in [0.4, 0.5) is 0 Å². The lowest BCUT2D eigenvalue weighted by molar-refractivity contribution is 0.214. The van der Waals surface area contributed by atoms with Crippen molar-refractivity contribution < 1.29 is 4.74 Å². The molecule has 0 fully saturated rings. The average molecular weight is 268 g/mol. The Hall–Kier alpha value is -2.40. The van der Waals surface area contributed by atoms with Gasteiger partial charge in [-0.05, 0) is 18.2 Å². The van der Waals surface area contributed by atoms with Gasteiger partial charge < -0.3 is 10.5 Å². The SMILES string of the molecule is Cn1cc(C(CN)Oc2ccc3cccnc3c2)cn1. The molecular formula is C15H16N4O. The fourth-order valence-corrected chi connectivity index (χ4v) is 2.14. The van der Waals surface area contributed by atoms with Gasteiger partial charge in [0.25, 0.3) is 0 Å². The van der Waals surface area contributed by atoms with E-state index in [9.17, 15) is 0 Å². The first-order chi connectivity index (χ1) is 9.76. The molecule has 2 aromatic heterocycles. The van der Waals surface area contributed by atoms with Crippen LogP contribution in [-0.2, 0) is 7.05 Å². The lowest BCUT2D eigenvalue weighted by Crippen LogP contribution is -2.18. The molecule has 3 rings (SSSR count). The van der Waals surface area contributed by atoms with Gasteiger partial charge in [-0.2, -0.15) is 5.10 Å². The van der Waals surface area contributed by atoms with Crippen LogP contribution in [0, 0.1) is 0 Å². The van der Waals surface area contributed by atoms with E-state index in [1.165, 1.54) is 0 Å². The maximum absolute atomic E-state index is 5.95. The Morgan fingerprint density at radius 3 is 3.00 bits per heavy atom. The van der Waals surface area contributed by atoms with Gasteiger partial charge in [-0.15, -0.1) is 0 Å². The number of benzene rings is 1. The summed E-state index contributed by atoms with van der Waals surface area (Å²) in [7, 11) is 1.87. The van der Waals surface area contributed by atoms with E-state index in [4.69, 9.17) is 10.5 Å². The fourth-order valence-electron chi connectivity index (χ4n) is 2.14. The van der Waals surface area contributed by atoms with E-state index >= 15 is 0 Å². The third kappa shape index (κ3) is 2.48. The van der Waals surface area contributed by atoms with Gasteiger partial charge in [0.1, 0.15) is 11.9 Å². The molecule has 0 bridgehead atoms. The van der Waals surface area contributed by atoms with Gasteiger partial charge in [0.15, 0.2) is 0 Å². The Labute approximate surface area is 117 Å². The molecule has 3 aromatic rings. The minimum atomic E-state index is -0.204. The summed E-state index contributed by atoms with van der Waals surface area (Å²) in [5.41, 5.74) is 7.67. The minimum Gasteiger partial charge on any atom is -0.484 e. The third-order valence-corrected chi connectivity index (χ3v) is 3.17. The van der Waals surface area contributed by atoms with Crippen molar-refractivity contribution in [2.75, 3.05) is 6.54 Å². The summed E-state index contributed by atoms with van der Waals surface area (Å²) < 4.78 is 7.69. The Morgan fingerprint density at radius 1 is 1.35 bits per heavy atom. The molecule has 5 heteroatoms. The van der Waals surface area contributed by atoms with Crippen molar-refractivity contribution in [2.45, 2.75) is 6.10 Å². The lowest BCUT2D eigenvalue weighted by Gasteiger charge is -2.16. The van der Waals surface area contributed by atoms with Crippen LogP contribution in [0.2, 0.25) is 0 Å². The lowest BCUT2D eigenvalue weighted by atomic mass is 10.2. The summed E-state index contributed by atoms with van der Waals surface area (Å²) in [6.45, 7) is 0.395. The predicted octanol–water partition coefficient (Wildman–Crippen LogP) is 2.05. The molecule has 0 aliphatic rings. The zero-order valence-corrected chi connectivity index (χ0v) is 11.2. The van der Waals surface area contributed by atoms with Crippen LogP contribution in [0.25, 0.3) is 10.9 Å². The van der Waals surface area contributed by atoms with Crippen molar-refractivity contribution in [3.05, 3.63) is 54.5 Å². The van der Waals surface area contributed by atoms with Crippen LogP contribution in [0.1, 0.15) is 11.7 Å². The Kier molecular flexibility index (Phi) is 3.35. The molecule has 2 heterocycles. The molecule has 20 heavy (non-hydrogen) atoms. The number of aryl methyl sites for hydroxylation is 1. The standard InChI is InChI=1S/C15H16N4O/c1-19-10-12(9-18-19)15(8-16)20-13-5-4-11-3-2-6-17-14(11)7-13/h2-7,9-10,15H,8,16H2,1H3. The summed E-state index contributed by atoms with van der Waals surface area (Å²) >= 11 is 0. The maximum Gasteiger partial charge on any atom is 0.139 e. The van der Waals surface area contributed by atoms with E-state index in [2.05, 4.69) is 10.1 Å². The van der Waals surface area contributed by atoms with Gasteiger partial charge in [0.05, 0.1) is 11.7 Å². The highest BCUT2D eigenvalue weighted by Crippen LogP contribution is 2.24. The highest BCUT2D eigenvalue weighted by molar-refractivity contribution is 5.79. The first-order valence-corrected chi connectivity index (χ1v) is 6.46. The topological polar surface area (TPSA) is 66.0 Å². The number of pyridine rings is 1. The van der Waals surface area contributed by atoms with Crippen LogP contribution in [0.15, 0.2) is 48.9 Å². The summed E-state index contributed by atoms with van der Waals surface area (Å²) in [4.78, 5) is 4.32. The molecule has 0 amide bonds. The normalized spacial score (nSPS) is 12.5.